The van der Waals surface area contributed by atoms with Crippen LogP contribution in [0, 0.1) is 19.8 Å². The van der Waals surface area contributed by atoms with Gasteiger partial charge in [-0.2, -0.15) is 0 Å². The third-order valence-corrected chi connectivity index (χ3v) is 4.46. The zero-order valence-corrected chi connectivity index (χ0v) is 11.9. The molecular weight excluding hydrogens is 232 g/mol. The molecule has 2 unspecified atom stereocenters. The number of nitrogens with zero attached hydrogens (tertiary/aromatic N) is 1. The lowest BCUT2D eigenvalue weighted by molar-refractivity contribution is 0.138. The highest BCUT2D eigenvalue weighted by Gasteiger charge is 2.30. The molecule has 0 bridgehead atoms. The second-order valence-corrected chi connectivity index (χ2v) is 6.28. The molecule has 1 aliphatic carbocycles. The number of thiazole rings is 1. The summed E-state index contributed by atoms with van der Waals surface area (Å²) in [7, 11) is 1.77. The molecule has 3 nitrogen and oxygen atoms in total. The van der Waals surface area contributed by atoms with E-state index in [1.807, 2.05) is 11.3 Å². The molecule has 1 heterocycles. The maximum absolute atomic E-state index is 5.28. The summed E-state index contributed by atoms with van der Waals surface area (Å²) in [5.41, 5.74) is 1.16. The number of hydrogen-bond acceptors (Lipinski definition) is 4. The summed E-state index contributed by atoms with van der Waals surface area (Å²) >= 11 is 1.82. The number of aryl methyl sites for hydroxylation is 2. The molecule has 0 aliphatic heterocycles. The first kappa shape index (κ1) is 13.0. The fourth-order valence-corrected chi connectivity index (χ4v) is 3.09. The molecule has 0 radical (unpaired) electrons. The molecule has 1 N–H and O–H groups in total. The van der Waals surface area contributed by atoms with E-state index in [2.05, 4.69) is 26.1 Å². The average molecular weight is 254 g/mol. The zero-order chi connectivity index (χ0) is 12.4. The van der Waals surface area contributed by atoms with Gasteiger partial charge in [-0.25, -0.2) is 4.98 Å². The molecule has 0 amide bonds. The summed E-state index contributed by atoms with van der Waals surface area (Å²) in [5.74, 6) is 0.463. The Morgan fingerprint density at radius 2 is 2.18 bits per heavy atom. The first-order valence-corrected chi connectivity index (χ1v) is 7.12. The monoisotopic (exact) mass is 254 g/mol. The summed E-state index contributed by atoms with van der Waals surface area (Å²) in [5, 5.41) is 4.92. The van der Waals surface area contributed by atoms with Gasteiger partial charge in [0.1, 0.15) is 5.01 Å². The van der Waals surface area contributed by atoms with Crippen LogP contribution >= 0.6 is 11.3 Å². The Labute approximate surface area is 108 Å². The van der Waals surface area contributed by atoms with E-state index in [0.717, 1.165) is 12.3 Å². The summed E-state index contributed by atoms with van der Waals surface area (Å²) < 4.78 is 5.28. The smallest absolute Gasteiger partial charge is 0.110 e. The summed E-state index contributed by atoms with van der Waals surface area (Å²) in [6.07, 6.45) is 2.61. The molecule has 0 spiro atoms. The van der Waals surface area contributed by atoms with E-state index in [-0.39, 0.29) is 0 Å². The Hall–Kier alpha value is -0.450. The summed E-state index contributed by atoms with van der Waals surface area (Å²) in [4.78, 5) is 6.02. The molecule has 2 atom stereocenters. The van der Waals surface area contributed by atoms with Crippen LogP contribution in [-0.4, -0.2) is 24.7 Å². The molecule has 0 saturated heterocycles. The quantitative estimate of drug-likeness (QED) is 0.847. The van der Waals surface area contributed by atoms with Crippen LogP contribution in [0.1, 0.15) is 41.4 Å². The Balaban J connectivity index is 2.12. The fourth-order valence-electron chi connectivity index (χ4n) is 1.97. The maximum Gasteiger partial charge on any atom is 0.110 e. The third kappa shape index (κ3) is 3.27. The van der Waals surface area contributed by atoms with Gasteiger partial charge in [0.2, 0.25) is 0 Å². The van der Waals surface area contributed by atoms with Gasteiger partial charge >= 0.3 is 0 Å². The second kappa shape index (κ2) is 5.46. The van der Waals surface area contributed by atoms with Crippen molar-refractivity contribution < 1.29 is 4.74 Å². The molecule has 1 aromatic heterocycles. The largest absolute Gasteiger partial charge is 0.384 e. The van der Waals surface area contributed by atoms with Crippen molar-refractivity contribution in [2.24, 2.45) is 5.92 Å². The van der Waals surface area contributed by atoms with Crippen molar-refractivity contribution in [3.63, 3.8) is 0 Å². The molecule has 2 rings (SSSR count). The Morgan fingerprint density at radius 3 is 2.65 bits per heavy atom. The van der Waals surface area contributed by atoms with Gasteiger partial charge in [-0.3, -0.25) is 0 Å². The highest BCUT2D eigenvalue weighted by molar-refractivity contribution is 7.11. The highest BCUT2D eigenvalue weighted by Crippen LogP contribution is 2.32. The second-order valence-electron chi connectivity index (χ2n) is 5.04. The van der Waals surface area contributed by atoms with Crippen molar-refractivity contribution in [3.8, 4) is 0 Å². The van der Waals surface area contributed by atoms with Crippen LogP contribution in [0.25, 0.3) is 0 Å². The van der Waals surface area contributed by atoms with Gasteiger partial charge in [-0.05, 0) is 26.7 Å². The minimum absolute atomic E-state index is 0.347. The number of hydrogen-bond donors (Lipinski definition) is 1. The van der Waals surface area contributed by atoms with Crippen LogP contribution in [0.2, 0.25) is 0 Å². The van der Waals surface area contributed by atoms with Gasteiger partial charge < -0.3 is 10.1 Å². The van der Waals surface area contributed by atoms with Gasteiger partial charge in [-0.15, -0.1) is 11.3 Å². The maximum atomic E-state index is 5.28. The molecule has 1 aliphatic rings. The lowest BCUT2D eigenvalue weighted by atomic mass is 10.0. The Morgan fingerprint density at radius 1 is 1.47 bits per heavy atom. The average Bonchev–Trinajstić information content (AvgIpc) is 3.03. The predicted molar refractivity (Wildman–Crippen MR) is 71.5 cm³/mol. The van der Waals surface area contributed by atoms with Crippen LogP contribution in [0.3, 0.4) is 0 Å². The summed E-state index contributed by atoms with van der Waals surface area (Å²) in [6, 6.07) is 1.05. The minimum Gasteiger partial charge on any atom is -0.384 e. The van der Waals surface area contributed by atoms with Gasteiger partial charge in [0.25, 0.3) is 0 Å². The molecule has 1 saturated carbocycles. The Kier molecular flexibility index (Phi) is 4.17. The van der Waals surface area contributed by atoms with E-state index in [4.69, 9.17) is 9.72 Å². The van der Waals surface area contributed by atoms with Gasteiger partial charge in [-0.1, -0.05) is 6.92 Å². The predicted octanol–water partition coefficient (Wildman–Crippen LogP) is 2.84. The fraction of sp³-hybridized carbons (Fsp3) is 0.769. The molecule has 1 aromatic rings. The summed E-state index contributed by atoms with van der Waals surface area (Å²) in [6.45, 7) is 7.24. The third-order valence-electron chi connectivity index (χ3n) is 3.30. The molecular formula is C13H22N2OS. The SMILES string of the molecule is COCC(C)C(NC1CC1)c1nc(C)c(C)s1. The minimum atomic E-state index is 0.347. The number of ether oxygens (including phenoxy) is 1. The van der Waals surface area contributed by atoms with Crippen molar-refractivity contribution >= 4 is 11.3 Å². The van der Waals surface area contributed by atoms with Crippen molar-refractivity contribution in [1.82, 2.24) is 10.3 Å². The van der Waals surface area contributed by atoms with E-state index in [1.165, 1.54) is 22.7 Å². The molecule has 4 heteroatoms. The van der Waals surface area contributed by atoms with Crippen LogP contribution in [-0.2, 0) is 4.74 Å². The first-order valence-electron chi connectivity index (χ1n) is 6.30. The van der Waals surface area contributed by atoms with Gasteiger partial charge in [0.05, 0.1) is 18.3 Å². The van der Waals surface area contributed by atoms with Crippen LogP contribution in [0.15, 0.2) is 0 Å². The highest BCUT2D eigenvalue weighted by atomic mass is 32.1. The number of aromatic nitrogens is 1. The molecule has 17 heavy (non-hydrogen) atoms. The van der Waals surface area contributed by atoms with Gasteiger partial charge in [0.15, 0.2) is 0 Å². The molecule has 96 valence electrons. The van der Waals surface area contributed by atoms with Gasteiger partial charge in [0, 0.05) is 23.9 Å². The van der Waals surface area contributed by atoms with Crippen LogP contribution < -0.4 is 5.32 Å². The topological polar surface area (TPSA) is 34.1 Å². The van der Waals surface area contributed by atoms with Crippen LogP contribution in [0.5, 0.6) is 0 Å². The normalized spacial score (nSPS) is 19.3. The van der Waals surface area contributed by atoms with E-state index in [0.29, 0.717) is 18.0 Å². The lowest BCUT2D eigenvalue weighted by Crippen LogP contribution is -2.30. The van der Waals surface area contributed by atoms with Crippen LogP contribution in [0.4, 0.5) is 0 Å². The standard InChI is InChI=1S/C13H22N2OS/c1-8(7-16-4)12(15-11-5-6-11)13-14-9(2)10(3)17-13/h8,11-12,15H,5-7H2,1-4H3. The first-order chi connectivity index (χ1) is 8.11. The van der Waals surface area contributed by atoms with E-state index in [1.54, 1.807) is 7.11 Å². The van der Waals surface area contributed by atoms with E-state index < -0.39 is 0 Å². The van der Waals surface area contributed by atoms with Crippen molar-refractivity contribution in [2.75, 3.05) is 13.7 Å². The number of rotatable bonds is 6. The number of nitrogens with one attached hydrogen (secondary N) is 1. The molecule has 0 aromatic carbocycles. The lowest BCUT2D eigenvalue weighted by Gasteiger charge is -2.22. The number of methoxy groups -OCH3 is 1. The zero-order valence-electron chi connectivity index (χ0n) is 11.1. The van der Waals surface area contributed by atoms with E-state index >= 15 is 0 Å². The van der Waals surface area contributed by atoms with E-state index in [9.17, 15) is 0 Å². The molecule has 1 fully saturated rings. The van der Waals surface area contributed by atoms with Crippen molar-refractivity contribution in [3.05, 3.63) is 15.6 Å². The van der Waals surface area contributed by atoms with Crippen molar-refractivity contribution in [2.45, 2.75) is 45.7 Å². The van der Waals surface area contributed by atoms with Crippen molar-refractivity contribution in [1.29, 1.82) is 0 Å². The Bertz CT molecular complexity index is 354.